The van der Waals surface area contributed by atoms with Crippen molar-refractivity contribution >= 4 is 11.8 Å². The fraction of sp³-hybridized carbons (Fsp3) is 0.636. The molecule has 0 aliphatic heterocycles. The van der Waals surface area contributed by atoms with Gasteiger partial charge in [-0.3, -0.25) is 0 Å². The Morgan fingerprint density at radius 1 is 1.25 bits per heavy atom. The van der Waals surface area contributed by atoms with Gasteiger partial charge >= 0.3 is 0 Å². The van der Waals surface area contributed by atoms with Gasteiger partial charge in [0.2, 0.25) is 0 Å². The topological polar surface area (TPSA) is 49.2 Å². The Kier molecular flexibility index (Phi) is 6.37. The van der Waals surface area contributed by atoms with Gasteiger partial charge in [0.05, 0.1) is 6.61 Å². The molecule has 5 heteroatoms. The minimum absolute atomic E-state index is 0.00436. The third kappa shape index (κ3) is 4.47. The van der Waals surface area contributed by atoms with Crippen LogP contribution in [-0.2, 0) is 6.61 Å². The average Bonchev–Trinajstić information content (AvgIpc) is 2.35. The fourth-order valence-corrected chi connectivity index (χ4v) is 2.09. The number of aliphatic hydroxyl groups is 1. The van der Waals surface area contributed by atoms with Crippen LogP contribution in [0.15, 0.2) is 17.6 Å². The van der Waals surface area contributed by atoms with Gasteiger partial charge in [-0.1, -0.05) is 25.6 Å². The molecule has 0 radical (unpaired) electrons. The molecule has 0 saturated heterocycles. The standard InChI is InChI=1S/C11H19N3OS/c1-3-14(4-2)5-6-16-11-12-7-10(9-15)8-13-11/h7-8,15H,3-6,9H2,1-2H3. The highest BCUT2D eigenvalue weighted by atomic mass is 32.2. The molecule has 1 aromatic rings. The van der Waals surface area contributed by atoms with Crippen molar-refractivity contribution in [3.63, 3.8) is 0 Å². The SMILES string of the molecule is CCN(CC)CCSc1ncc(CO)cn1. The van der Waals surface area contributed by atoms with E-state index in [2.05, 4.69) is 28.7 Å². The second kappa shape index (κ2) is 7.60. The summed E-state index contributed by atoms with van der Waals surface area (Å²) in [4.78, 5) is 10.7. The molecule has 0 atom stereocenters. The number of nitrogens with zero attached hydrogens (tertiary/aromatic N) is 3. The summed E-state index contributed by atoms with van der Waals surface area (Å²) in [6.45, 7) is 7.57. The first kappa shape index (κ1) is 13.4. The molecule has 0 amide bonds. The van der Waals surface area contributed by atoms with E-state index in [0.717, 1.165) is 36.1 Å². The predicted octanol–water partition coefficient (Wildman–Crippen LogP) is 1.40. The lowest BCUT2D eigenvalue weighted by Gasteiger charge is -2.16. The Labute approximate surface area is 101 Å². The summed E-state index contributed by atoms with van der Waals surface area (Å²) in [5.41, 5.74) is 0.757. The van der Waals surface area contributed by atoms with Crippen molar-refractivity contribution in [1.82, 2.24) is 14.9 Å². The zero-order chi connectivity index (χ0) is 11.8. The molecule has 4 nitrogen and oxygen atoms in total. The predicted molar refractivity (Wildman–Crippen MR) is 66.5 cm³/mol. The molecule has 0 saturated carbocycles. The second-order valence-corrected chi connectivity index (χ2v) is 4.47. The number of rotatable bonds is 7. The second-order valence-electron chi connectivity index (χ2n) is 3.41. The Morgan fingerprint density at radius 2 is 1.88 bits per heavy atom. The molecule has 1 rings (SSSR count). The summed E-state index contributed by atoms with van der Waals surface area (Å²) < 4.78 is 0. The lowest BCUT2D eigenvalue weighted by atomic mass is 10.4. The zero-order valence-electron chi connectivity index (χ0n) is 9.89. The Bertz CT molecular complexity index is 288. The highest BCUT2D eigenvalue weighted by Crippen LogP contribution is 2.12. The van der Waals surface area contributed by atoms with Crippen molar-refractivity contribution in [2.24, 2.45) is 0 Å². The van der Waals surface area contributed by atoms with Crippen molar-refractivity contribution in [2.75, 3.05) is 25.4 Å². The molecule has 1 aromatic heterocycles. The van der Waals surface area contributed by atoms with E-state index in [1.165, 1.54) is 0 Å². The zero-order valence-corrected chi connectivity index (χ0v) is 10.7. The van der Waals surface area contributed by atoms with Crippen molar-refractivity contribution in [1.29, 1.82) is 0 Å². The summed E-state index contributed by atoms with van der Waals surface area (Å²) in [7, 11) is 0. The molecule has 0 fully saturated rings. The molecule has 0 bridgehead atoms. The average molecular weight is 241 g/mol. The van der Waals surface area contributed by atoms with Gasteiger partial charge in [0.25, 0.3) is 0 Å². The maximum atomic E-state index is 8.85. The molecule has 0 aliphatic rings. The molecule has 1 heterocycles. The van der Waals surface area contributed by atoms with Crippen molar-refractivity contribution < 1.29 is 5.11 Å². The van der Waals surface area contributed by atoms with E-state index in [1.54, 1.807) is 24.2 Å². The Balaban J connectivity index is 2.31. The van der Waals surface area contributed by atoms with E-state index in [4.69, 9.17) is 5.11 Å². The largest absolute Gasteiger partial charge is 0.392 e. The number of aromatic nitrogens is 2. The summed E-state index contributed by atoms with van der Waals surface area (Å²) in [6.07, 6.45) is 3.35. The molecule has 0 aliphatic carbocycles. The lowest BCUT2D eigenvalue weighted by Crippen LogP contribution is -2.25. The molecule has 1 N–H and O–H groups in total. The van der Waals surface area contributed by atoms with Gasteiger partial charge in [-0.15, -0.1) is 0 Å². The summed E-state index contributed by atoms with van der Waals surface area (Å²) >= 11 is 1.65. The Morgan fingerprint density at radius 3 is 2.38 bits per heavy atom. The van der Waals surface area contributed by atoms with Gasteiger partial charge in [0.1, 0.15) is 0 Å². The molecule has 0 unspecified atom stereocenters. The van der Waals surface area contributed by atoms with Gasteiger partial charge in [0.15, 0.2) is 5.16 Å². The number of thioether (sulfide) groups is 1. The summed E-state index contributed by atoms with van der Waals surface area (Å²) in [6, 6.07) is 0. The normalized spacial score (nSPS) is 11.0. The van der Waals surface area contributed by atoms with Gasteiger partial charge in [-0.25, -0.2) is 9.97 Å². The van der Waals surface area contributed by atoms with Crippen LogP contribution in [0, 0.1) is 0 Å². The van der Waals surface area contributed by atoms with Crippen LogP contribution in [0.1, 0.15) is 19.4 Å². The maximum Gasteiger partial charge on any atom is 0.187 e. The highest BCUT2D eigenvalue weighted by molar-refractivity contribution is 7.99. The molecular formula is C11H19N3OS. The van der Waals surface area contributed by atoms with Gasteiger partial charge in [0, 0.05) is 30.3 Å². The Hall–Kier alpha value is -0.650. The van der Waals surface area contributed by atoms with Crippen LogP contribution in [0.25, 0.3) is 0 Å². The minimum Gasteiger partial charge on any atom is -0.392 e. The highest BCUT2D eigenvalue weighted by Gasteiger charge is 2.01. The van der Waals surface area contributed by atoms with E-state index >= 15 is 0 Å². The lowest BCUT2D eigenvalue weighted by molar-refractivity contribution is 0.280. The van der Waals surface area contributed by atoms with E-state index in [1.807, 2.05) is 0 Å². The van der Waals surface area contributed by atoms with Crippen LogP contribution in [0.4, 0.5) is 0 Å². The molecule has 0 aromatic carbocycles. The monoisotopic (exact) mass is 241 g/mol. The first-order valence-corrected chi connectivity index (χ1v) is 6.55. The first-order chi connectivity index (χ1) is 7.80. The van der Waals surface area contributed by atoms with Crippen LogP contribution >= 0.6 is 11.8 Å². The van der Waals surface area contributed by atoms with Crippen LogP contribution < -0.4 is 0 Å². The third-order valence-electron chi connectivity index (χ3n) is 2.40. The van der Waals surface area contributed by atoms with Crippen molar-refractivity contribution in [3.8, 4) is 0 Å². The van der Waals surface area contributed by atoms with Gasteiger partial charge in [-0.05, 0) is 13.1 Å². The quantitative estimate of drug-likeness (QED) is 0.577. The molecular weight excluding hydrogens is 222 g/mol. The van der Waals surface area contributed by atoms with Gasteiger partial charge in [-0.2, -0.15) is 0 Å². The van der Waals surface area contributed by atoms with Crippen molar-refractivity contribution in [3.05, 3.63) is 18.0 Å². The van der Waals surface area contributed by atoms with E-state index in [-0.39, 0.29) is 6.61 Å². The van der Waals surface area contributed by atoms with Crippen molar-refractivity contribution in [2.45, 2.75) is 25.6 Å². The summed E-state index contributed by atoms with van der Waals surface area (Å²) in [5, 5.41) is 9.63. The first-order valence-electron chi connectivity index (χ1n) is 5.57. The van der Waals surface area contributed by atoms with Gasteiger partial charge < -0.3 is 10.0 Å². The smallest absolute Gasteiger partial charge is 0.187 e. The number of hydrogen-bond acceptors (Lipinski definition) is 5. The van der Waals surface area contributed by atoms with Crippen LogP contribution in [-0.4, -0.2) is 45.4 Å². The van der Waals surface area contributed by atoms with E-state index < -0.39 is 0 Å². The molecule has 16 heavy (non-hydrogen) atoms. The fourth-order valence-electron chi connectivity index (χ4n) is 1.30. The van der Waals surface area contributed by atoms with E-state index in [0.29, 0.717) is 0 Å². The maximum absolute atomic E-state index is 8.85. The van der Waals surface area contributed by atoms with E-state index in [9.17, 15) is 0 Å². The molecule has 90 valence electrons. The molecule has 0 spiro atoms. The van der Waals surface area contributed by atoms with Crippen LogP contribution in [0.2, 0.25) is 0 Å². The van der Waals surface area contributed by atoms with Crippen LogP contribution in [0.3, 0.4) is 0 Å². The third-order valence-corrected chi connectivity index (χ3v) is 3.25. The number of aliphatic hydroxyl groups excluding tert-OH is 1. The van der Waals surface area contributed by atoms with Crippen LogP contribution in [0.5, 0.6) is 0 Å². The number of hydrogen-bond donors (Lipinski definition) is 1. The summed E-state index contributed by atoms with van der Waals surface area (Å²) in [5.74, 6) is 1.00. The minimum atomic E-state index is 0.00436.